The van der Waals surface area contributed by atoms with E-state index < -0.39 is 15.6 Å². The average molecular weight is 442 g/mol. The molecule has 3 aromatic rings. The molecule has 0 saturated carbocycles. The molecule has 0 bridgehead atoms. The van der Waals surface area contributed by atoms with Crippen molar-refractivity contribution in [2.24, 2.45) is 0 Å². The predicted molar refractivity (Wildman–Crippen MR) is 109 cm³/mol. The quantitative estimate of drug-likeness (QED) is 0.571. The van der Waals surface area contributed by atoms with Crippen molar-refractivity contribution in [1.29, 1.82) is 0 Å². The molecular formula is C17H11Cl3N4O2S. The van der Waals surface area contributed by atoms with Crippen molar-refractivity contribution in [3.8, 4) is 10.6 Å². The molecule has 0 unspecified atom stereocenters. The van der Waals surface area contributed by atoms with Gasteiger partial charge in [-0.25, -0.2) is 0 Å². The normalized spacial score (nSPS) is 11.1. The molecule has 2 aromatic carbocycles. The Morgan fingerprint density at radius 3 is 2.26 bits per heavy atom. The molecule has 0 aliphatic heterocycles. The van der Waals surface area contributed by atoms with Gasteiger partial charge in [-0.3, -0.25) is 14.9 Å². The third-order valence-corrected chi connectivity index (χ3v) is 4.75. The number of alkyl halides is 3. The number of hydrogen-bond donors (Lipinski definition) is 2. The molecule has 2 N–H and O–H groups in total. The van der Waals surface area contributed by atoms with E-state index in [9.17, 15) is 9.59 Å². The summed E-state index contributed by atoms with van der Waals surface area (Å²) in [6.45, 7) is 0. The Labute approximate surface area is 173 Å². The zero-order valence-electron chi connectivity index (χ0n) is 13.4. The number of anilines is 2. The molecule has 0 fully saturated rings. The maximum Gasteiger partial charge on any atom is 0.276 e. The fourth-order valence-electron chi connectivity index (χ4n) is 2.12. The van der Waals surface area contributed by atoms with E-state index in [4.69, 9.17) is 34.8 Å². The van der Waals surface area contributed by atoms with Gasteiger partial charge in [-0.15, -0.1) is 10.2 Å². The van der Waals surface area contributed by atoms with E-state index in [1.165, 1.54) is 23.5 Å². The first-order chi connectivity index (χ1) is 12.8. The lowest BCUT2D eigenvalue weighted by atomic mass is 10.1. The first-order valence-corrected chi connectivity index (χ1v) is 9.47. The van der Waals surface area contributed by atoms with Crippen LogP contribution in [-0.4, -0.2) is 25.8 Å². The Morgan fingerprint density at radius 2 is 1.56 bits per heavy atom. The number of aromatic nitrogens is 2. The average Bonchev–Trinajstić information content (AvgIpc) is 3.10. The van der Waals surface area contributed by atoms with E-state index in [0.717, 1.165) is 5.56 Å². The molecule has 1 heterocycles. The van der Waals surface area contributed by atoms with Crippen molar-refractivity contribution < 1.29 is 9.59 Å². The zero-order chi connectivity index (χ0) is 19.4. The van der Waals surface area contributed by atoms with Gasteiger partial charge in [0.1, 0.15) is 5.01 Å². The van der Waals surface area contributed by atoms with Gasteiger partial charge in [0.25, 0.3) is 15.6 Å². The summed E-state index contributed by atoms with van der Waals surface area (Å²) in [5.41, 5.74) is 1.29. The summed E-state index contributed by atoms with van der Waals surface area (Å²) in [5, 5.41) is 14.1. The number of halogens is 3. The highest BCUT2D eigenvalue weighted by Gasteiger charge is 2.31. The van der Waals surface area contributed by atoms with Crippen LogP contribution in [0, 0.1) is 0 Å². The van der Waals surface area contributed by atoms with Gasteiger partial charge in [-0.2, -0.15) is 0 Å². The second-order valence-electron chi connectivity index (χ2n) is 5.23. The van der Waals surface area contributed by atoms with Crippen LogP contribution in [0.5, 0.6) is 0 Å². The number of para-hydroxylation sites is 1. The van der Waals surface area contributed by atoms with Crippen LogP contribution in [0.15, 0.2) is 54.6 Å². The number of nitrogens with one attached hydrogen (secondary N) is 2. The maximum absolute atomic E-state index is 12.6. The minimum atomic E-state index is -2.15. The van der Waals surface area contributed by atoms with Gasteiger partial charge in [-0.1, -0.05) is 88.6 Å². The molecule has 0 atom stereocenters. The number of benzene rings is 2. The van der Waals surface area contributed by atoms with E-state index >= 15 is 0 Å². The maximum atomic E-state index is 12.6. The number of rotatable bonds is 4. The number of carbonyl (C=O) groups is 2. The van der Waals surface area contributed by atoms with Crippen LogP contribution in [0.3, 0.4) is 0 Å². The van der Waals surface area contributed by atoms with Crippen LogP contribution < -0.4 is 10.6 Å². The third-order valence-electron chi connectivity index (χ3n) is 3.34. The molecule has 6 nitrogen and oxygen atoms in total. The van der Waals surface area contributed by atoms with E-state index in [0.29, 0.717) is 10.1 Å². The smallest absolute Gasteiger partial charge is 0.276 e. The summed E-state index contributed by atoms with van der Waals surface area (Å²) in [7, 11) is 0. The summed E-state index contributed by atoms with van der Waals surface area (Å²) in [6.07, 6.45) is 0. The summed E-state index contributed by atoms with van der Waals surface area (Å²) >= 11 is 17.9. The Balaban J connectivity index is 1.78. The minimum Gasteiger partial charge on any atom is -0.322 e. The number of hydrogen-bond acceptors (Lipinski definition) is 5. The summed E-state index contributed by atoms with van der Waals surface area (Å²) in [4.78, 5) is 24.5. The van der Waals surface area contributed by atoms with E-state index in [2.05, 4.69) is 20.8 Å². The molecule has 1 aromatic heterocycles. The highest BCUT2D eigenvalue weighted by Crippen LogP contribution is 2.29. The largest absolute Gasteiger partial charge is 0.322 e. The van der Waals surface area contributed by atoms with Crippen molar-refractivity contribution in [2.45, 2.75) is 3.79 Å². The highest BCUT2D eigenvalue weighted by atomic mass is 35.6. The fourth-order valence-corrected chi connectivity index (χ4v) is 3.00. The first-order valence-electron chi connectivity index (χ1n) is 7.52. The molecule has 0 aliphatic rings. The number of carbonyl (C=O) groups excluding carboxylic acids is 2. The van der Waals surface area contributed by atoms with Crippen LogP contribution in [-0.2, 0) is 4.79 Å². The van der Waals surface area contributed by atoms with Gasteiger partial charge in [0, 0.05) is 5.56 Å². The summed E-state index contributed by atoms with van der Waals surface area (Å²) in [5.74, 6) is -1.35. The molecule has 2 amide bonds. The Hall–Kier alpha value is -2.19. The van der Waals surface area contributed by atoms with E-state index in [1.54, 1.807) is 12.1 Å². The van der Waals surface area contributed by atoms with Gasteiger partial charge in [0.05, 0.1) is 11.3 Å². The first kappa shape index (κ1) is 19.6. The third kappa shape index (κ3) is 4.95. The van der Waals surface area contributed by atoms with Crippen molar-refractivity contribution in [2.75, 3.05) is 10.6 Å². The van der Waals surface area contributed by atoms with Gasteiger partial charge < -0.3 is 5.32 Å². The lowest BCUT2D eigenvalue weighted by Gasteiger charge is -2.14. The molecule has 27 heavy (non-hydrogen) atoms. The van der Waals surface area contributed by atoms with Crippen LogP contribution in [0.25, 0.3) is 10.6 Å². The molecule has 0 aliphatic carbocycles. The van der Waals surface area contributed by atoms with Crippen molar-refractivity contribution in [3.05, 3.63) is 60.2 Å². The molecule has 3 rings (SSSR count). The summed E-state index contributed by atoms with van der Waals surface area (Å²) in [6, 6.07) is 15.8. The SMILES string of the molecule is O=C(Nc1nnc(-c2ccccc2)s1)c1ccccc1NC(=O)C(Cl)(Cl)Cl. The Morgan fingerprint density at radius 1 is 0.889 bits per heavy atom. The van der Waals surface area contributed by atoms with Gasteiger partial charge in [0.2, 0.25) is 5.13 Å². The predicted octanol–water partition coefficient (Wildman–Crippen LogP) is 4.77. The van der Waals surface area contributed by atoms with Crippen LogP contribution >= 0.6 is 46.1 Å². The molecule has 138 valence electrons. The highest BCUT2D eigenvalue weighted by molar-refractivity contribution is 7.18. The van der Waals surface area contributed by atoms with Crippen LogP contribution in [0.2, 0.25) is 0 Å². The summed E-state index contributed by atoms with van der Waals surface area (Å²) < 4.78 is -2.15. The standard InChI is InChI=1S/C17H11Cl3N4O2S/c18-17(19,20)15(26)21-12-9-5-4-8-11(12)13(25)22-16-24-23-14(27-16)10-6-2-1-3-7-10/h1-9H,(H,21,26)(H,22,24,25). The van der Waals surface area contributed by atoms with Gasteiger partial charge in [-0.05, 0) is 12.1 Å². The molecule has 10 heteroatoms. The van der Waals surface area contributed by atoms with Crippen LogP contribution in [0.1, 0.15) is 10.4 Å². The van der Waals surface area contributed by atoms with Crippen molar-refractivity contribution in [3.63, 3.8) is 0 Å². The monoisotopic (exact) mass is 440 g/mol. The second-order valence-corrected chi connectivity index (χ2v) is 8.49. The minimum absolute atomic E-state index is 0.191. The van der Waals surface area contributed by atoms with Crippen LogP contribution in [0.4, 0.5) is 10.8 Å². The van der Waals surface area contributed by atoms with Gasteiger partial charge in [0.15, 0.2) is 0 Å². The Bertz CT molecular complexity index is 974. The fraction of sp³-hybridized carbons (Fsp3) is 0.0588. The molecule has 0 saturated heterocycles. The van der Waals surface area contributed by atoms with Crippen molar-refractivity contribution >= 4 is 68.8 Å². The van der Waals surface area contributed by atoms with Gasteiger partial charge >= 0.3 is 0 Å². The topological polar surface area (TPSA) is 84.0 Å². The number of nitrogens with zero attached hydrogens (tertiary/aromatic N) is 2. The van der Waals surface area contributed by atoms with Crippen molar-refractivity contribution in [1.82, 2.24) is 10.2 Å². The molecule has 0 radical (unpaired) electrons. The lowest BCUT2D eigenvalue weighted by Crippen LogP contribution is -2.28. The lowest BCUT2D eigenvalue weighted by molar-refractivity contribution is -0.115. The Kier molecular flexibility index (Phi) is 5.96. The molecular weight excluding hydrogens is 431 g/mol. The molecule has 0 spiro atoms. The second kappa shape index (κ2) is 8.22. The van der Waals surface area contributed by atoms with E-state index in [-0.39, 0.29) is 11.3 Å². The zero-order valence-corrected chi connectivity index (χ0v) is 16.5. The van der Waals surface area contributed by atoms with E-state index in [1.807, 2.05) is 30.3 Å². The number of amides is 2.